The minimum Gasteiger partial charge on any atom is -0.326 e. The zero-order valence-electron chi connectivity index (χ0n) is 13.5. The van der Waals surface area contributed by atoms with Crippen LogP contribution in [0.4, 0.5) is 11.4 Å². The number of benzene rings is 1. The highest BCUT2D eigenvalue weighted by Crippen LogP contribution is 2.16. The van der Waals surface area contributed by atoms with Gasteiger partial charge in [0.2, 0.25) is 11.8 Å². The summed E-state index contributed by atoms with van der Waals surface area (Å²) >= 11 is 1.55. The number of carbonyl (C=O) groups excluding carboxylic acids is 2. The van der Waals surface area contributed by atoms with Crippen molar-refractivity contribution in [1.82, 2.24) is 14.8 Å². The van der Waals surface area contributed by atoms with Gasteiger partial charge < -0.3 is 10.6 Å². The van der Waals surface area contributed by atoms with E-state index in [0.717, 1.165) is 4.88 Å². The molecule has 0 bridgehead atoms. The van der Waals surface area contributed by atoms with Crippen LogP contribution in [0.3, 0.4) is 0 Å². The van der Waals surface area contributed by atoms with Crippen molar-refractivity contribution in [2.45, 2.75) is 19.4 Å². The van der Waals surface area contributed by atoms with Crippen molar-refractivity contribution in [1.29, 1.82) is 0 Å². The average Bonchev–Trinajstić information content (AvgIpc) is 3.29. The lowest BCUT2D eigenvalue weighted by Gasteiger charge is -2.12. The average molecular weight is 355 g/mol. The third-order valence-electron chi connectivity index (χ3n) is 3.56. The summed E-state index contributed by atoms with van der Waals surface area (Å²) in [5.74, 6) is -0.265. The zero-order valence-corrected chi connectivity index (χ0v) is 14.4. The van der Waals surface area contributed by atoms with E-state index in [1.54, 1.807) is 42.5 Å². The summed E-state index contributed by atoms with van der Waals surface area (Å²) in [7, 11) is 0. The van der Waals surface area contributed by atoms with Crippen LogP contribution < -0.4 is 10.6 Å². The van der Waals surface area contributed by atoms with Gasteiger partial charge in [-0.05, 0) is 42.6 Å². The van der Waals surface area contributed by atoms with Crippen molar-refractivity contribution in [2.24, 2.45) is 0 Å². The molecule has 0 saturated heterocycles. The number of hydrogen-bond acceptors (Lipinski definition) is 5. The number of carbonyl (C=O) groups is 2. The Morgan fingerprint density at radius 1 is 1.16 bits per heavy atom. The van der Waals surface area contributed by atoms with Crippen molar-refractivity contribution in [3.63, 3.8) is 0 Å². The van der Waals surface area contributed by atoms with Crippen molar-refractivity contribution < 1.29 is 9.59 Å². The molecule has 0 saturated carbocycles. The third kappa shape index (κ3) is 4.51. The Balaban J connectivity index is 1.55. The second-order valence-corrected chi connectivity index (χ2v) is 6.45. The Bertz CT molecular complexity index is 829. The Morgan fingerprint density at radius 3 is 2.48 bits per heavy atom. The number of rotatable bonds is 6. The van der Waals surface area contributed by atoms with Gasteiger partial charge in [-0.3, -0.25) is 9.59 Å². The monoisotopic (exact) mass is 355 g/mol. The van der Waals surface area contributed by atoms with Crippen molar-refractivity contribution in [2.75, 3.05) is 10.6 Å². The molecule has 2 heterocycles. The molecule has 2 N–H and O–H groups in total. The summed E-state index contributed by atoms with van der Waals surface area (Å²) in [6.07, 6.45) is 3.24. The van der Waals surface area contributed by atoms with E-state index in [9.17, 15) is 9.59 Å². The van der Waals surface area contributed by atoms with Gasteiger partial charge in [0.15, 0.2) is 0 Å². The van der Waals surface area contributed by atoms with Gasteiger partial charge in [-0.15, -0.1) is 11.3 Å². The lowest BCUT2D eigenvalue weighted by Crippen LogP contribution is -2.24. The van der Waals surface area contributed by atoms with E-state index in [2.05, 4.69) is 20.7 Å². The van der Waals surface area contributed by atoms with E-state index < -0.39 is 6.04 Å². The molecule has 3 aromatic rings. The second-order valence-electron chi connectivity index (χ2n) is 5.42. The molecule has 0 radical (unpaired) electrons. The fourth-order valence-corrected chi connectivity index (χ4v) is 2.90. The summed E-state index contributed by atoms with van der Waals surface area (Å²) in [5, 5.41) is 11.5. The number of aromatic nitrogens is 3. The number of hydrogen-bond donors (Lipinski definition) is 2. The van der Waals surface area contributed by atoms with Gasteiger partial charge in [-0.2, -0.15) is 5.10 Å². The zero-order chi connectivity index (χ0) is 17.6. The number of nitrogens with zero attached hydrogens (tertiary/aromatic N) is 3. The molecular formula is C17H17N5O2S. The maximum Gasteiger partial charge on any atom is 0.249 e. The van der Waals surface area contributed by atoms with Crippen molar-refractivity contribution >= 4 is 34.5 Å². The van der Waals surface area contributed by atoms with Crippen LogP contribution in [0.25, 0.3) is 0 Å². The molecule has 1 unspecified atom stereocenters. The van der Waals surface area contributed by atoms with Crippen LogP contribution in [0.2, 0.25) is 0 Å². The Morgan fingerprint density at radius 2 is 1.88 bits per heavy atom. The van der Waals surface area contributed by atoms with Crippen LogP contribution in [0.15, 0.2) is 54.4 Å². The highest BCUT2D eigenvalue weighted by molar-refractivity contribution is 7.10. The predicted octanol–water partition coefficient (Wildman–Crippen LogP) is 2.72. The van der Waals surface area contributed by atoms with Gasteiger partial charge >= 0.3 is 0 Å². The molecular weight excluding hydrogens is 338 g/mol. The summed E-state index contributed by atoms with van der Waals surface area (Å²) in [5.41, 5.74) is 1.33. The summed E-state index contributed by atoms with van der Waals surface area (Å²) in [6.45, 7) is 1.74. The largest absolute Gasteiger partial charge is 0.326 e. The second kappa shape index (κ2) is 7.71. The fraction of sp³-hybridized carbons (Fsp3) is 0.176. The first kappa shape index (κ1) is 16.8. The highest BCUT2D eigenvalue weighted by Gasteiger charge is 2.15. The molecule has 2 aromatic heterocycles. The molecule has 0 aliphatic heterocycles. The molecule has 1 atom stereocenters. The van der Waals surface area contributed by atoms with Crippen molar-refractivity contribution in [3.05, 3.63) is 59.3 Å². The molecule has 25 heavy (non-hydrogen) atoms. The standard InChI is InChI=1S/C17H17N5O2S/c1-12(22-11-18-10-19-22)17(24)21-14-6-4-13(5-7-14)20-16(23)9-15-3-2-8-25-15/h2-8,10-12H,9H2,1H3,(H,20,23)(H,21,24). The maximum atomic E-state index is 12.2. The van der Waals surface area contributed by atoms with Crippen LogP contribution in [0.5, 0.6) is 0 Å². The van der Waals surface area contributed by atoms with Gasteiger partial charge in [0.25, 0.3) is 0 Å². The molecule has 2 amide bonds. The van der Waals surface area contributed by atoms with E-state index in [1.807, 2.05) is 17.5 Å². The van der Waals surface area contributed by atoms with E-state index >= 15 is 0 Å². The van der Waals surface area contributed by atoms with E-state index in [-0.39, 0.29) is 11.8 Å². The molecule has 0 aliphatic rings. The molecule has 3 rings (SSSR count). The lowest BCUT2D eigenvalue weighted by molar-refractivity contribution is -0.119. The summed E-state index contributed by atoms with van der Waals surface area (Å²) in [4.78, 5) is 29.0. The Kier molecular flexibility index (Phi) is 5.20. The van der Waals surface area contributed by atoms with Crippen molar-refractivity contribution in [3.8, 4) is 0 Å². The van der Waals surface area contributed by atoms with Gasteiger partial charge in [0.1, 0.15) is 18.7 Å². The first-order valence-corrected chi connectivity index (χ1v) is 8.57. The van der Waals surface area contributed by atoms with E-state index in [1.165, 1.54) is 17.3 Å². The van der Waals surface area contributed by atoms with Gasteiger partial charge in [-0.25, -0.2) is 9.67 Å². The quantitative estimate of drug-likeness (QED) is 0.711. The minimum atomic E-state index is -0.465. The number of amides is 2. The Labute approximate surface area is 148 Å². The summed E-state index contributed by atoms with van der Waals surface area (Å²) < 4.78 is 1.48. The molecule has 7 nitrogen and oxygen atoms in total. The normalized spacial score (nSPS) is 11.7. The number of nitrogens with one attached hydrogen (secondary N) is 2. The number of thiophene rings is 1. The topological polar surface area (TPSA) is 88.9 Å². The van der Waals surface area contributed by atoms with Crippen LogP contribution in [0, 0.1) is 0 Å². The fourth-order valence-electron chi connectivity index (χ4n) is 2.20. The first-order chi connectivity index (χ1) is 12.1. The highest BCUT2D eigenvalue weighted by atomic mass is 32.1. The van der Waals surface area contributed by atoms with Gasteiger partial charge in [0, 0.05) is 16.3 Å². The molecule has 0 aliphatic carbocycles. The van der Waals surface area contributed by atoms with Crippen LogP contribution in [-0.2, 0) is 16.0 Å². The summed E-state index contributed by atoms with van der Waals surface area (Å²) in [6, 6.07) is 10.4. The molecule has 0 fully saturated rings. The molecule has 0 spiro atoms. The van der Waals surface area contributed by atoms with Gasteiger partial charge in [0.05, 0.1) is 6.42 Å². The molecule has 8 heteroatoms. The first-order valence-electron chi connectivity index (χ1n) is 7.69. The SMILES string of the molecule is CC(C(=O)Nc1ccc(NC(=O)Cc2cccs2)cc1)n1cncn1. The van der Waals surface area contributed by atoms with Crippen LogP contribution >= 0.6 is 11.3 Å². The Hall–Kier alpha value is -3.00. The third-order valence-corrected chi connectivity index (χ3v) is 4.44. The minimum absolute atomic E-state index is 0.0703. The smallest absolute Gasteiger partial charge is 0.249 e. The van der Waals surface area contributed by atoms with Crippen LogP contribution in [-0.4, -0.2) is 26.6 Å². The lowest BCUT2D eigenvalue weighted by atomic mass is 10.2. The van der Waals surface area contributed by atoms with E-state index in [0.29, 0.717) is 17.8 Å². The predicted molar refractivity (Wildman–Crippen MR) is 96.5 cm³/mol. The van der Waals surface area contributed by atoms with Crippen LogP contribution in [0.1, 0.15) is 17.8 Å². The number of anilines is 2. The van der Waals surface area contributed by atoms with E-state index in [4.69, 9.17) is 0 Å². The maximum absolute atomic E-state index is 12.2. The molecule has 128 valence electrons. The van der Waals surface area contributed by atoms with Gasteiger partial charge in [-0.1, -0.05) is 6.07 Å². The molecule has 1 aromatic carbocycles.